The van der Waals surface area contributed by atoms with E-state index in [2.05, 4.69) is 71.3 Å². The first kappa shape index (κ1) is 24.7. The Morgan fingerprint density at radius 3 is 2.70 bits per heavy atom. The Bertz CT molecular complexity index is 1170. The number of fused-ring (bicyclic) bond motifs is 1. The Balaban J connectivity index is 1.67. The Hall–Kier alpha value is -1.40. The molecule has 0 saturated carbocycles. The molecule has 1 aromatic carbocycles. The number of hydrogen-bond acceptors (Lipinski definition) is 5. The summed E-state index contributed by atoms with van der Waals surface area (Å²) in [6.45, 7) is 7.22. The van der Waals surface area contributed by atoms with E-state index < -0.39 is 0 Å². The van der Waals surface area contributed by atoms with Crippen molar-refractivity contribution < 1.29 is 14.3 Å². The lowest BCUT2D eigenvalue weighted by Crippen LogP contribution is -2.28. The average molecular weight is 688 g/mol. The molecule has 1 amide bonds. The first-order valence-corrected chi connectivity index (χ1v) is 13.8. The van der Waals surface area contributed by atoms with E-state index in [0.29, 0.717) is 18.0 Å². The minimum Gasteiger partial charge on any atom is -0.506 e. The molecular formula is C25H26I2N2O3S. The summed E-state index contributed by atoms with van der Waals surface area (Å²) in [7, 11) is 0. The number of halogens is 2. The lowest BCUT2D eigenvalue weighted by molar-refractivity contribution is 0.0947. The molecule has 0 radical (unpaired) electrons. The minimum atomic E-state index is -0.111. The zero-order chi connectivity index (χ0) is 23.8. The first-order chi connectivity index (χ1) is 15.6. The van der Waals surface area contributed by atoms with Crippen molar-refractivity contribution in [1.29, 1.82) is 0 Å². The van der Waals surface area contributed by atoms with E-state index in [9.17, 15) is 9.90 Å². The SMILES string of the molecule is CC(C)(C)[C@H]1CCc2c(sc(N=Cc3cc(I)c(O)c(I)c3)c2C(=O)NCc2ccco2)C1. The number of rotatable bonds is 5. The molecule has 0 spiro atoms. The van der Waals surface area contributed by atoms with E-state index in [-0.39, 0.29) is 17.1 Å². The van der Waals surface area contributed by atoms with Crippen molar-refractivity contribution in [3.8, 4) is 5.75 Å². The number of phenols is 1. The fraction of sp³-hybridized carbons (Fsp3) is 0.360. The molecule has 0 saturated heterocycles. The maximum Gasteiger partial charge on any atom is 0.255 e. The van der Waals surface area contributed by atoms with Gasteiger partial charge in [-0.3, -0.25) is 4.79 Å². The van der Waals surface area contributed by atoms with Gasteiger partial charge >= 0.3 is 0 Å². The van der Waals surface area contributed by atoms with Gasteiger partial charge in [-0.1, -0.05) is 20.8 Å². The van der Waals surface area contributed by atoms with E-state index in [1.165, 1.54) is 4.88 Å². The molecule has 33 heavy (non-hydrogen) atoms. The van der Waals surface area contributed by atoms with Crippen LogP contribution in [0.4, 0.5) is 5.00 Å². The van der Waals surface area contributed by atoms with Gasteiger partial charge in [-0.05, 0) is 111 Å². The summed E-state index contributed by atoms with van der Waals surface area (Å²) in [5.41, 5.74) is 2.95. The number of benzene rings is 1. The largest absolute Gasteiger partial charge is 0.506 e. The van der Waals surface area contributed by atoms with Crippen LogP contribution in [0, 0.1) is 18.5 Å². The molecule has 1 aliphatic carbocycles. The second-order valence-corrected chi connectivity index (χ2v) is 12.8. The smallest absolute Gasteiger partial charge is 0.255 e. The van der Waals surface area contributed by atoms with Crippen LogP contribution in [0.1, 0.15) is 59.3 Å². The van der Waals surface area contributed by atoms with Gasteiger partial charge in [0, 0.05) is 11.1 Å². The predicted molar refractivity (Wildman–Crippen MR) is 150 cm³/mol. The molecule has 1 atom stereocenters. The van der Waals surface area contributed by atoms with Gasteiger partial charge in [-0.15, -0.1) is 11.3 Å². The van der Waals surface area contributed by atoms with Crippen LogP contribution in [0.15, 0.2) is 39.9 Å². The molecule has 8 heteroatoms. The molecule has 1 aliphatic rings. The van der Waals surface area contributed by atoms with Crippen molar-refractivity contribution in [1.82, 2.24) is 5.32 Å². The Labute approximate surface area is 225 Å². The fourth-order valence-electron chi connectivity index (χ4n) is 4.10. The van der Waals surface area contributed by atoms with Gasteiger partial charge in [-0.25, -0.2) is 4.99 Å². The second-order valence-electron chi connectivity index (χ2n) is 9.34. The van der Waals surface area contributed by atoms with Gasteiger partial charge in [0.1, 0.15) is 16.5 Å². The number of nitrogens with zero attached hydrogens (tertiary/aromatic N) is 1. The highest BCUT2D eigenvalue weighted by Crippen LogP contribution is 2.45. The van der Waals surface area contributed by atoms with Crippen LogP contribution in [0.5, 0.6) is 5.75 Å². The third-order valence-electron chi connectivity index (χ3n) is 6.07. The number of phenolic OH excluding ortho intramolecular Hbond substituents is 1. The molecule has 174 valence electrons. The third kappa shape index (κ3) is 5.64. The molecule has 0 fully saturated rings. The molecule has 5 nitrogen and oxygen atoms in total. The highest BCUT2D eigenvalue weighted by Gasteiger charge is 2.33. The van der Waals surface area contributed by atoms with Crippen molar-refractivity contribution in [3.63, 3.8) is 0 Å². The van der Waals surface area contributed by atoms with Crippen molar-refractivity contribution in [2.75, 3.05) is 0 Å². The monoisotopic (exact) mass is 688 g/mol. The van der Waals surface area contributed by atoms with E-state index >= 15 is 0 Å². The van der Waals surface area contributed by atoms with Gasteiger partial charge in [0.15, 0.2) is 0 Å². The van der Waals surface area contributed by atoms with Crippen LogP contribution in [0.2, 0.25) is 0 Å². The molecule has 4 rings (SSSR count). The standard InChI is InChI=1S/C25H26I2N2O3S/c1-25(2,3)15-6-7-17-20(11-15)33-24(21(17)23(31)28-13-16-5-4-8-32-16)29-12-14-9-18(26)22(30)19(27)10-14/h4-5,8-10,12,15,30H,6-7,11,13H2,1-3H3,(H,28,31)/t15-/m0/s1. The maximum absolute atomic E-state index is 13.3. The summed E-state index contributed by atoms with van der Waals surface area (Å²) in [6.07, 6.45) is 6.33. The topological polar surface area (TPSA) is 74.8 Å². The van der Waals surface area contributed by atoms with Crippen LogP contribution in [0.25, 0.3) is 0 Å². The zero-order valence-electron chi connectivity index (χ0n) is 18.7. The summed E-state index contributed by atoms with van der Waals surface area (Å²) < 4.78 is 6.92. The molecule has 2 heterocycles. The average Bonchev–Trinajstić information content (AvgIpc) is 3.40. The zero-order valence-corrected chi connectivity index (χ0v) is 23.9. The molecule has 0 aliphatic heterocycles. The number of carbonyl (C=O) groups excluding carboxylic acids is 1. The van der Waals surface area contributed by atoms with Gasteiger partial charge < -0.3 is 14.8 Å². The molecule has 0 bridgehead atoms. The molecular weight excluding hydrogens is 662 g/mol. The number of nitrogens with one attached hydrogen (secondary N) is 1. The quantitative estimate of drug-likeness (QED) is 0.222. The van der Waals surface area contributed by atoms with Crippen LogP contribution >= 0.6 is 56.5 Å². The maximum atomic E-state index is 13.3. The summed E-state index contributed by atoms with van der Waals surface area (Å²) in [6, 6.07) is 7.45. The van der Waals surface area contributed by atoms with E-state index in [1.54, 1.807) is 23.8 Å². The van der Waals surface area contributed by atoms with Crippen molar-refractivity contribution in [3.05, 3.63) is 65.0 Å². The van der Waals surface area contributed by atoms with Gasteiger partial charge in [0.05, 0.1) is 25.5 Å². The molecule has 0 unspecified atom stereocenters. The number of aliphatic imine (C=N–C) groups is 1. The number of aromatic hydroxyl groups is 1. The number of furan rings is 1. The Kier molecular flexibility index (Phi) is 7.54. The number of thiophene rings is 1. The fourth-order valence-corrected chi connectivity index (χ4v) is 7.18. The van der Waals surface area contributed by atoms with Crippen molar-refractivity contribution in [2.45, 2.75) is 46.6 Å². The van der Waals surface area contributed by atoms with E-state index in [4.69, 9.17) is 9.41 Å². The van der Waals surface area contributed by atoms with Crippen LogP contribution < -0.4 is 5.32 Å². The summed E-state index contributed by atoms with van der Waals surface area (Å²) in [5.74, 6) is 1.48. The lowest BCUT2D eigenvalue weighted by atomic mass is 9.72. The van der Waals surface area contributed by atoms with Gasteiger partial charge in [0.2, 0.25) is 0 Å². The number of amides is 1. The summed E-state index contributed by atoms with van der Waals surface area (Å²) in [4.78, 5) is 19.3. The van der Waals surface area contributed by atoms with Crippen LogP contribution in [0.3, 0.4) is 0 Å². The van der Waals surface area contributed by atoms with Crippen molar-refractivity contribution >= 4 is 73.6 Å². The summed E-state index contributed by atoms with van der Waals surface area (Å²) in [5, 5.41) is 13.8. The highest BCUT2D eigenvalue weighted by molar-refractivity contribution is 14.1. The highest BCUT2D eigenvalue weighted by atomic mass is 127. The second kappa shape index (κ2) is 10.1. The molecule has 2 aromatic heterocycles. The Morgan fingerprint density at radius 2 is 2.06 bits per heavy atom. The predicted octanol–water partition coefficient (Wildman–Crippen LogP) is 7.09. The van der Waals surface area contributed by atoms with Crippen molar-refractivity contribution in [2.24, 2.45) is 16.3 Å². The third-order valence-corrected chi connectivity index (χ3v) is 8.88. The Morgan fingerprint density at radius 1 is 1.33 bits per heavy atom. The molecule has 2 N–H and O–H groups in total. The van der Waals surface area contributed by atoms with Crippen LogP contribution in [-0.4, -0.2) is 17.2 Å². The number of hydrogen-bond donors (Lipinski definition) is 2. The van der Waals surface area contributed by atoms with Crippen LogP contribution in [-0.2, 0) is 19.4 Å². The van der Waals surface area contributed by atoms with E-state index in [0.717, 1.165) is 48.3 Å². The first-order valence-electron chi connectivity index (χ1n) is 10.8. The molecule has 3 aromatic rings. The minimum absolute atomic E-state index is 0.111. The van der Waals surface area contributed by atoms with Gasteiger partial charge in [0.25, 0.3) is 5.91 Å². The number of carbonyl (C=O) groups is 1. The normalized spacial score (nSPS) is 16.2. The van der Waals surface area contributed by atoms with Gasteiger partial charge in [-0.2, -0.15) is 0 Å². The lowest BCUT2D eigenvalue weighted by Gasteiger charge is -2.33. The van der Waals surface area contributed by atoms with E-state index in [1.807, 2.05) is 24.3 Å². The summed E-state index contributed by atoms with van der Waals surface area (Å²) >= 11 is 5.86.